The summed E-state index contributed by atoms with van der Waals surface area (Å²) in [5, 5.41) is 4.96. The third-order valence-corrected chi connectivity index (χ3v) is 5.95. The third kappa shape index (κ3) is 3.16. The number of rotatable bonds is 2. The number of nitrogens with zero attached hydrogens (tertiary/aromatic N) is 2. The van der Waals surface area contributed by atoms with E-state index in [1.54, 1.807) is 17.0 Å². The van der Waals surface area contributed by atoms with E-state index in [2.05, 4.69) is 21.2 Å². The number of hydrogen-bond acceptors (Lipinski definition) is 3. The molecule has 1 aromatic heterocycles. The number of carbonyl (C=O) groups is 1. The van der Waals surface area contributed by atoms with Crippen molar-refractivity contribution >= 4 is 55.8 Å². The number of hydrogen-bond donors (Lipinski definition) is 1. The molecule has 1 unspecified atom stereocenters. The standard InChI is InChI=1S/C23H15BrClN3O/c24-19-10-3-2-9-17(19)22-27-21-18(12-14-6-1-4-11-20(14)26-21)23(29)28(22)16-8-5-7-15(25)13-16/h1-13,22H,(H,26,27). The van der Waals surface area contributed by atoms with E-state index in [-0.39, 0.29) is 5.91 Å². The number of carbonyl (C=O) groups excluding carboxylic acids is 1. The Hall–Kier alpha value is -2.89. The van der Waals surface area contributed by atoms with Gasteiger partial charge in [-0.25, -0.2) is 4.98 Å². The van der Waals surface area contributed by atoms with E-state index in [0.717, 1.165) is 26.6 Å². The first kappa shape index (κ1) is 18.2. The van der Waals surface area contributed by atoms with E-state index >= 15 is 0 Å². The Morgan fingerprint density at radius 1 is 0.966 bits per heavy atom. The molecule has 0 saturated carbocycles. The van der Waals surface area contributed by atoms with Gasteiger partial charge in [-0.05, 0) is 36.4 Å². The second kappa shape index (κ2) is 7.17. The molecule has 4 aromatic rings. The summed E-state index contributed by atoms with van der Waals surface area (Å²) < 4.78 is 0.904. The average molecular weight is 465 g/mol. The molecule has 0 saturated heterocycles. The van der Waals surface area contributed by atoms with Crippen LogP contribution in [-0.2, 0) is 0 Å². The van der Waals surface area contributed by atoms with Crippen LogP contribution in [0.25, 0.3) is 10.9 Å². The molecule has 0 radical (unpaired) electrons. The van der Waals surface area contributed by atoms with E-state index in [1.807, 2.05) is 66.7 Å². The normalized spacial score (nSPS) is 15.9. The molecule has 1 aliphatic rings. The maximum atomic E-state index is 13.7. The van der Waals surface area contributed by atoms with Crippen molar-refractivity contribution in [1.29, 1.82) is 0 Å². The van der Waals surface area contributed by atoms with Gasteiger partial charge in [0.15, 0.2) is 0 Å². The van der Waals surface area contributed by atoms with Crippen molar-refractivity contribution in [2.24, 2.45) is 0 Å². The number of pyridine rings is 1. The summed E-state index contributed by atoms with van der Waals surface area (Å²) in [6.07, 6.45) is -0.433. The molecule has 0 aliphatic carbocycles. The Kier molecular flexibility index (Phi) is 4.49. The van der Waals surface area contributed by atoms with Gasteiger partial charge >= 0.3 is 0 Å². The van der Waals surface area contributed by atoms with Crippen LogP contribution in [0, 0.1) is 0 Å². The number of benzene rings is 3. The highest BCUT2D eigenvalue weighted by molar-refractivity contribution is 9.10. The molecule has 1 atom stereocenters. The van der Waals surface area contributed by atoms with Crippen LogP contribution in [0.15, 0.2) is 83.3 Å². The highest BCUT2D eigenvalue weighted by atomic mass is 79.9. The molecule has 0 bridgehead atoms. The number of para-hydroxylation sites is 1. The lowest BCUT2D eigenvalue weighted by molar-refractivity contribution is 0.0974. The lowest BCUT2D eigenvalue weighted by Crippen LogP contribution is -2.43. The zero-order chi connectivity index (χ0) is 20.0. The minimum absolute atomic E-state index is 0.125. The Bertz CT molecular complexity index is 1260. The monoisotopic (exact) mass is 463 g/mol. The highest BCUT2D eigenvalue weighted by Crippen LogP contribution is 2.39. The Morgan fingerprint density at radius 2 is 1.76 bits per heavy atom. The second-order valence-electron chi connectivity index (χ2n) is 6.80. The maximum Gasteiger partial charge on any atom is 0.264 e. The minimum atomic E-state index is -0.433. The molecule has 3 aromatic carbocycles. The number of fused-ring (bicyclic) bond motifs is 2. The van der Waals surface area contributed by atoms with Gasteiger partial charge in [0, 0.05) is 26.1 Å². The number of halogens is 2. The minimum Gasteiger partial charge on any atom is -0.345 e. The third-order valence-electron chi connectivity index (χ3n) is 4.99. The molecular weight excluding hydrogens is 450 g/mol. The molecule has 6 heteroatoms. The van der Waals surface area contributed by atoms with Crippen molar-refractivity contribution in [3.63, 3.8) is 0 Å². The van der Waals surface area contributed by atoms with E-state index in [4.69, 9.17) is 16.6 Å². The van der Waals surface area contributed by atoms with Crippen LogP contribution in [0.2, 0.25) is 5.02 Å². The molecule has 5 rings (SSSR count). The summed E-state index contributed by atoms with van der Waals surface area (Å²) in [6.45, 7) is 0. The molecule has 0 fully saturated rings. The van der Waals surface area contributed by atoms with Gasteiger partial charge in [0.1, 0.15) is 12.0 Å². The largest absolute Gasteiger partial charge is 0.345 e. The van der Waals surface area contributed by atoms with Gasteiger partial charge in [-0.15, -0.1) is 0 Å². The van der Waals surface area contributed by atoms with Gasteiger partial charge in [0.25, 0.3) is 5.91 Å². The molecule has 0 spiro atoms. The zero-order valence-electron chi connectivity index (χ0n) is 15.1. The van der Waals surface area contributed by atoms with Crippen LogP contribution in [0.4, 0.5) is 11.5 Å². The van der Waals surface area contributed by atoms with E-state index in [9.17, 15) is 4.79 Å². The quantitative estimate of drug-likeness (QED) is 0.372. The van der Waals surface area contributed by atoms with Crippen LogP contribution >= 0.6 is 27.5 Å². The Balaban J connectivity index is 1.73. The van der Waals surface area contributed by atoms with Gasteiger partial charge in [0.05, 0.1) is 11.1 Å². The molecule has 1 amide bonds. The number of amides is 1. The molecule has 4 nitrogen and oxygen atoms in total. The van der Waals surface area contributed by atoms with Gasteiger partial charge in [-0.3, -0.25) is 9.69 Å². The fourth-order valence-corrected chi connectivity index (χ4v) is 4.32. The van der Waals surface area contributed by atoms with Crippen LogP contribution in [0.5, 0.6) is 0 Å². The second-order valence-corrected chi connectivity index (χ2v) is 8.09. The topological polar surface area (TPSA) is 45.2 Å². The van der Waals surface area contributed by atoms with Crippen molar-refractivity contribution in [3.05, 3.63) is 99.5 Å². The van der Waals surface area contributed by atoms with Crippen molar-refractivity contribution in [2.75, 3.05) is 10.2 Å². The van der Waals surface area contributed by atoms with Crippen LogP contribution in [0.1, 0.15) is 22.1 Å². The Labute approximate surface area is 181 Å². The van der Waals surface area contributed by atoms with Crippen LogP contribution < -0.4 is 10.2 Å². The summed E-state index contributed by atoms with van der Waals surface area (Å²) in [6, 6.07) is 24.8. The molecule has 1 N–H and O–H groups in total. The number of aromatic nitrogens is 1. The first-order valence-corrected chi connectivity index (χ1v) is 10.3. The number of nitrogens with one attached hydrogen (secondary N) is 1. The van der Waals surface area contributed by atoms with Crippen LogP contribution in [0.3, 0.4) is 0 Å². The fourth-order valence-electron chi connectivity index (χ4n) is 3.64. The first-order chi connectivity index (χ1) is 14.1. The van der Waals surface area contributed by atoms with Crippen LogP contribution in [-0.4, -0.2) is 10.9 Å². The predicted octanol–water partition coefficient (Wildman–Crippen LogP) is 6.42. The van der Waals surface area contributed by atoms with E-state index in [0.29, 0.717) is 16.4 Å². The summed E-state index contributed by atoms with van der Waals surface area (Å²) >= 11 is 9.86. The van der Waals surface area contributed by atoms with E-state index < -0.39 is 6.17 Å². The molecular formula is C23H15BrClN3O. The Morgan fingerprint density at radius 3 is 2.59 bits per heavy atom. The lowest BCUT2D eigenvalue weighted by Gasteiger charge is -2.38. The zero-order valence-corrected chi connectivity index (χ0v) is 17.5. The van der Waals surface area contributed by atoms with Gasteiger partial charge in [-0.1, -0.05) is 70.0 Å². The highest BCUT2D eigenvalue weighted by Gasteiger charge is 2.36. The smallest absolute Gasteiger partial charge is 0.264 e. The fraction of sp³-hybridized carbons (Fsp3) is 0.0435. The molecule has 2 heterocycles. The van der Waals surface area contributed by atoms with Crippen molar-refractivity contribution in [3.8, 4) is 0 Å². The van der Waals surface area contributed by atoms with Crippen molar-refractivity contribution in [2.45, 2.75) is 6.17 Å². The summed E-state index contributed by atoms with van der Waals surface area (Å²) in [7, 11) is 0. The first-order valence-electron chi connectivity index (χ1n) is 9.12. The molecule has 1 aliphatic heterocycles. The van der Waals surface area contributed by atoms with E-state index in [1.165, 1.54) is 0 Å². The summed E-state index contributed by atoms with van der Waals surface area (Å²) in [5.41, 5.74) is 3.02. The van der Waals surface area contributed by atoms with Crippen molar-refractivity contribution < 1.29 is 4.79 Å². The maximum absolute atomic E-state index is 13.7. The van der Waals surface area contributed by atoms with Gasteiger partial charge < -0.3 is 5.32 Å². The average Bonchev–Trinajstić information content (AvgIpc) is 2.73. The lowest BCUT2D eigenvalue weighted by atomic mass is 10.0. The van der Waals surface area contributed by atoms with Gasteiger partial charge in [-0.2, -0.15) is 0 Å². The predicted molar refractivity (Wildman–Crippen MR) is 121 cm³/mol. The summed E-state index contributed by atoms with van der Waals surface area (Å²) in [4.78, 5) is 20.1. The molecule has 142 valence electrons. The number of anilines is 2. The SMILES string of the molecule is O=C1c2cc3ccccc3nc2NC(c2ccccc2Br)N1c1cccc(Cl)c1. The summed E-state index contributed by atoms with van der Waals surface area (Å²) in [5.74, 6) is 0.452. The van der Waals surface area contributed by atoms with Crippen molar-refractivity contribution in [1.82, 2.24) is 4.98 Å². The van der Waals surface area contributed by atoms with Gasteiger partial charge in [0.2, 0.25) is 0 Å². The molecule has 29 heavy (non-hydrogen) atoms.